The molecule has 7 heteroatoms. The van der Waals surface area contributed by atoms with Gasteiger partial charge in [-0.1, -0.05) is 0 Å². The number of nitrogens with zero attached hydrogens (tertiary/aromatic N) is 3. The highest BCUT2D eigenvalue weighted by Gasteiger charge is 2.31. The van der Waals surface area contributed by atoms with Crippen molar-refractivity contribution in [1.29, 1.82) is 0 Å². The van der Waals surface area contributed by atoms with Crippen LogP contribution in [0.2, 0.25) is 0 Å². The van der Waals surface area contributed by atoms with E-state index < -0.39 is 0 Å². The average molecular weight is 405 g/mol. The number of rotatable bonds is 4. The van der Waals surface area contributed by atoms with Gasteiger partial charge in [0.1, 0.15) is 0 Å². The van der Waals surface area contributed by atoms with Gasteiger partial charge in [-0.25, -0.2) is 0 Å². The van der Waals surface area contributed by atoms with Gasteiger partial charge in [-0.2, -0.15) is 0 Å². The fraction of sp³-hybridized carbons (Fsp3) is 0.682. The van der Waals surface area contributed by atoms with E-state index in [1.54, 1.807) is 0 Å². The van der Waals surface area contributed by atoms with Crippen LogP contribution < -0.4 is 10.6 Å². The largest absolute Gasteiger partial charge is 0.376 e. The summed E-state index contributed by atoms with van der Waals surface area (Å²) in [7, 11) is 0. The molecule has 1 saturated heterocycles. The molecule has 1 aliphatic heterocycles. The maximum Gasteiger partial charge on any atom is 0.225 e. The van der Waals surface area contributed by atoms with Crippen LogP contribution >= 0.6 is 0 Å². The molecule has 29 heavy (non-hydrogen) atoms. The van der Waals surface area contributed by atoms with Crippen LogP contribution in [0.25, 0.3) is 0 Å². The first-order valence-electron chi connectivity index (χ1n) is 10.6. The molecule has 1 aromatic rings. The lowest BCUT2D eigenvalue weighted by Gasteiger charge is -2.39. The van der Waals surface area contributed by atoms with Gasteiger partial charge in [0.25, 0.3) is 0 Å². The van der Waals surface area contributed by atoms with Crippen LogP contribution in [0.4, 0.5) is 5.69 Å². The van der Waals surface area contributed by atoms with Gasteiger partial charge >= 0.3 is 0 Å². The summed E-state index contributed by atoms with van der Waals surface area (Å²) < 4.78 is 5.93. The summed E-state index contributed by atoms with van der Waals surface area (Å²) in [6, 6.07) is 4.08. The highest BCUT2D eigenvalue weighted by atomic mass is 16.5. The lowest BCUT2D eigenvalue weighted by Crippen LogP contribution is -2.50. The third-order valence-corrected chi connectivity index (χ3v) is 5.57. The van der Waals surface area contributed by atoms with Crippen molar-refractivity contribution in [2.75, 3.05) is 37.7 Å². The molecule has 1 aliphatic carbocycles. The molecular weight excluding hydrogens is 368 g/mol. The monoisotopic (exact) mass is 404 g/mol. The molecule has 0 bridgehead atoms. The number of amides is 2. The van der Waals surface area contributed by atoms with Gasteiger partial charge in [-0.3, -0.25) is 14.6 Å². The lowest BCUT2D eigenvalue weighted by atomic mass is 9.81. The third kappa shape index (κ3) is 7.65. The van der Waals surface area contributed by atoms with E-state index in [2.05, 4.69) is 41.3 Å². The van der Waals surface area contributed by atoms with Crippen LogP contribution in [0.3, 0.4) is 0 Å². The van der Waals surface area contributed by atoms with Crippen molar-refractivity contribution in [2.24, 2.45) is 17.6 Å². The zero-order valence-electron chi connectivity index (χ0n) is 18.0. The molecule has 0 spiro atoms. The molecule has 162 valence electrons. The fourth-order valence-electron chi connectivity index (χ4n) is 3.94. The Bertz CT molecular complexity index is 617. The van der Waals surface area contributed by atoms with Crippen molar-refractivity contribution in [3.63, 3.8) is 0 Å². The molecule has 0 aromatic carbocycles. The second kappa shape index (κ2) is 11.1. The Balaban J connectivity index is 0.000000941. The Morgan fingerprint density at radius 3 is 2.21 bits per heavy atom. The predicted molar refractivity (Wildman–Crippen MR) is 114 cm³/mol. The summed E-state index contributed by atoms with van der Waals surface area (Å²) in [5, 5.41) is 0. The Labute approximate surface area is 174 Å². The van der Waals surface area contributed by atoms with Crippen LogP contribution in [0.5, 0.6) is 0 Å². The maximum absolute atomic E-state index is 12.9. The van der Waals surface area contributed by atoms with Crippen LogP contribution in [0.15, 0.2) is 24.5 Å². The molecule has 2 amide bonds. The molecule has 7 nitrogen and oxygen atoms in total. The van der Waals surface area contributed by atoms with E-state index in [0.717, 1.165) is 58.5 Å². The maximum atomic E-state index is 12.9. The van der Waals surface area contributed by atoms with E-state index >= 15 is 0 Å². The number of pyridine rings is 1. The first-order chi connectivity index (χ1) is 13.8. The van der Waals surface area contributed by atoms with Crippen LogP contribution in [-0.4, -0.2) is 60.6 Å². The van der Waals surface area contributed by atoms with Crippen molar-refractivity contribution in [3.05, 3.63) is 24.5 Å². The topological polar surface area (TPSA) is 88.8 Å². The summed E-state index contributed by atoms with van der Waals surface area (Å²) in [6.07, 6.45) is 8.17. The van der Waals surface area contributed by atoms with Crippen LogP contribution in [-0.2, 0) is 14.3 Å². The molecule has 2 fully saturated rings. The number of aromatic nitrogens is 1. The highest BCUT2D eigenvalue weighted by molar-refractivity contribution is 5.79. The van der Waals surface area contributed by atoms with Crippen molar-refractivity contribution < 1.29 is 14.3 Å². The quantitative estimate of drug-likeness (QED) is 0.779. The lowest BCUT2D eigenvalue weighted by molar-refractivity contribution is -0.137. The van der Waals surface area contributed by atoms with Crippen molar-refractivity contribution in [1.82, 2.24) is 9.88 Å². The standard InChI is InChI=1S/C21H33N3O2.CH3NO/c1-21(2,3)26-16-17-4-6-18(7-5-17)20(25)24-14-12-23(13-15-24)19-8-10-22-11-9-19;2-1-3/h8-11,17-18H,4-7,12-16H2,1-3H3;1H,(H2,2,3). The minimum atomic E-state index is -0.0683. The summed E-state index contributed by atoms with van der Waals surface area (Å²) in [4.78, 5) is 30.0. The van der Waals surface area contributed by atoms with E-state index in [9.17, 15) is 4.79 Å². The number of carbonyl (C=O) groups excluding carboxylic acids is 2. The molecule has 2 aliphatic rings. The third-order valence-electron chi connectivity index (χ3n) is 5.57. The van der Waals surface area contributed by atoms with E-state index in [1.165, 1.54) is 5.69 Å². The van der Waals surface area contributed by atoms with Crippen molar-refractivity contribution in [2.45, 2.75) is 52.1 Å². The molecular formula is C22H36N4O3. The smallest absolute Gasteiger partial charge is 0.225 e. The zero-order valence-corrected chi connectivity index (χ0v) is 18.0. The summed E-state index contributed by atoms with van der Waals surface area (Å²) in [5.74, 6) is 1.20. The number of ether oxygens (including phenoxy) is 1. The Morgan fingerprint density at radius 1 is 1.14 bits per heavy atom. The number of anilines is 1. The molecule has 0 radical (unpaired) electrons. The summed E-state index contributed by atoms with van der Waals surface area (Å²) in [6.45, 7) is 10.6. The van der Waals surface area contributed by atoms with E-state index in [4.69, 9.17) is 9.53 Å². The first-order valence-corrected chi connectivity index (χ1v) is 10.6. The van der Waals surface area contributed by atoms with E-state index in [-0.39, 0.29) is 17.9 Å². The van der Waals surface area contributed by atoms with Gasteiger partial charge in [-0.15, -0.1) is 0 Å². The summed E-state index contributed by atoms with van der Waals surface area (Å²) >= 11 is 0. The molecule has 1 saturated carbocycles. The van der Waals surface area contributed by atoms with Crippen molar-refractivity contribution in [3.8, 4) is 0 Å². The minimum absolute atomic E-state index is 0.0683. The van der Waals surface area contributed by atoms with Gasteiger partial charge in [0.05, 0.1) is 12.2 Å². The number of hydrogen-bond acceptors (Lipinski definition) is 5. The fourth-order valence-corrected chi connectivity index (χ4v) is 3.94. The predicted octanol–water partition coefficient (Wildman–Crippen LogP) is 2.45. The van der Waals surface area contributed by atoms with Gasteiger partial charge in [-0.05, 0) is 64.5 Å². The second-order valence-corrected chi connectivity index (χ2v) is 8.79. The van der Waals surface area contributed by atoms with Gasteiger partial charge in [0, 0.05) is 50.2 Å². The Hall–Kier alpha value is -2.15. The number of hydrogen-bond donors (Lipinski definition) is 1. The zero-order chi connectivity index (χ0) is 21.3. The van der Waals surface area contributed by atoms with Crippen LogP contribution in [0.1, 0.15) is 46.5 Å². The number of piperazine rings is 1. The number of primary amides is 1. The summed E-state index contributed by atoms with van der Waals surface area (Å²) in [5.41, 5.74) is 5.30. The Kier molecular flexibility index (Phi) is 8.89. The van der Waals surface area contributed by atoms with Gasteiger partial charge in [0.15, 0.2) is 0 Å². The second-order valence-electron chi connectivity index (χ2n) is 8.79. The normalized spacial score (nSPS) is 22.4. The average Bonchev–Trinajstić information content (AvgIpc) is 2.73. The Morgan fingerprint density at radius 2 is 1.69 bits per heavy atom. The molecule has 1 aromatic heterocycles. The van der Waals surface area contributed by atoms with Gasteiger partial charge in [0.2, 0.25) is 12.3 Å². The van der Waals surface area contributed by atoms with Crippen LogP contribution in [0, 0.1) is 11.8 Å². The first kappa shape index (κ1) is 23.1. The molecule has 0 unspecified atom stereocenters. The van der Waals surface area contributed by atoms with Gasteiger partial charge < -0.3 is 20.3 Å². The number of nitrogens with two attached hydrogens (primary N) is 1. The highest BCUT2D eigenvalue weighted by Crippen LogP contribution is 2.31. The van der Waals surface area contributed by atoms with E-state index in [0.29, 0.717) is 11.8 Å². The van der Waals surface area contributed by atoms with Crippen molar-refractivity contribution >= 4 is 18.0 Å². The molecule has 2 heterocycles. The van der Waals surface area contributed by atoms with E-state index in [1.807, 2.05) is 24.5 Å². The molecule has 2 N–H and O–H groups in total. The molecule has 0 atom stereocenters. The minimum Gasteiger partial charge on any atom is -0.376 e. The molecule has 3 rings (SSSR count). The number of carbonyl (C=O) groups is 2. The SMILES string of the molecule is CC(C)(C)OCC1CCC(C(=O)N2CCN(c3ccncc3)CC2)CC1.NC=O.